The van der Waals surface area contributed by atoms with Crippen LogP contribution >= 0.6 is 0 Å². The highest BCUT2D eigenvalue weighted by atomic mass is 15.0. The van der Waals surface area contributed by atoms with Crippen molar-refractivity contribution in [3.8, 4) is 50.7 Å². The Hall–Kier alpha value is -7.36. The van der Waals surface area contributed by atoms with E-state index in [9.17, 15) is 0 Å². The number of aromatic nitrogens is 3. The van der Waals surface area contributed by atoms with Crippen molar-refractivity contribution in [3.63, 3.8) is 0 Å². The van der Waals surface area contributed by atoms with Crippen molar-refractivity contribution >= 4 is 54.1 Å². The zero-order valence-electron chi connectivity index (χ0n) is 29.9. The maximum absolute atomic E-state index is 5.43. The van der Waals surface area contributed by atoms with E-state index in [1.165, 1.54) is 43.4 Å². The molecule has 0 spiro atoms. The van der Waals surface area contributed by atoms with Crippen LogP contribution in [-0.2, 0) is 0 Å². The van der Waals surface area contributed by atoms with Crippen molar-refractivity contribution in [1.29, 1.82) is 0 Å². The van der Waals surface area contributed by atoms with Crippen LogP contribution in [0.25, 0.3) is 105 Å². The van der Waals surface area contributed by atoms with Gasteiger partial charge in [0.25, 0.3) is 0 Å². The van der Waals surface area contributed by atoms with Gasteiger partial charge in [-0.05, 0) is 92.0 Å². The molecule has 0 unspecified atom stereocenters. The second kappa shape index (κ2) is 12.6. The fourth-order valence-corrected chi connectivity index (χ4v) is 8.39. The van der Waals surface area contributed by atoms with Crippen molar-refractivity contribution in [2.45, 2.75) is 0 Å². The summed E-state index contributed by atoms with van der Waals surface area (Å²) in [5, 5.41) is 9.56. The maximum Gasteiger partial charge on any atom is 0.161 e. The number of benzene rings is 9. The van der Waals surface area contributed by atoms with E-state index < -0.39 is 0 Å². The van der Waals surface area contributed by atoms with Gasteiger partial charge < -0.3 is 4.57 Å². The summed E-state index contributed by atoms with van der Waals surface area (Å²) >= 11 is 0. The predicted octanol–water partition coefficient (Wildman–Crippen LogP) is 13.7. The smallest absolute Gasteiger partial charge is 0.161 e. The summed E-state index contributed by atoms with van der Waals surface area (Å²) < 4.78 is 2.36. The lowest BCUT2D eigenvalue weighted by Gasteiger charge is -2.15. The Morgan fingerprint density at radius 3 is 1.76 bits per heavy atom. The molecule has 0 radical (unpaired) electrons. The van der Waals surface area contributed by atoms with Gasteiger partial charge in [0.1, 0.15) is 0 Å². The normalized spacial score (nSPS) is 11.6. The molecular weight excluding hydrogens is 667 g/mol. The van der Waals surface area contributed by atoms with E-state index in [1.807, 2.05) is 6.07 Å². The molecule has 0 amide bonds. The van der Waals surface area contributed by atoms with Crippen molar-refractivity contribution < 1.29 is 0 Å². The highest BCUT2D eigenvalue weighted by Crippen LogP contribution is 2.40. The van der Waals surface area contributed by atoms with Gasteiger partial charge in [-0.15, -0.1) is 0 Å². The van der Waals surface area contributed by atoms with Gasteiger partial charge in [0.2, 0.25) is 0 Å². The van der Waals surface area contributed by atoms with E-state index >= 15 is 0 Å². The molecule has 3 nitrogen and oxygen atoms in total. The molecule has 2 heterocycles. The molecule has 256 valence electrons. The molecule has 0 atom stereocenters. The zero-order valence-corrected chi connectivity index (χ0v) is 29.9. The van der Waals surface area contributed by atoms with Gasteiger partial charge in [0, 0.05) is 33.2 Å². The number of rotatable bonds is 5. The monoisotopic (exact) mass is 699 g/mol. The molecule has 9 aromatic carbocycles. The first-order valence-corrected chi connectivity index (χ1v) is 18.7. The van der Waals surface area contributed by atoms with Crippen LogP contribution in [0.4, 0.5) is 0 Å². The second-order valence-electron chi connectivity index (χ2n) is 14.2. The first-order valence-electron chi connectivity index (χ1n) is 18.7. The Bertz CT molecular complexity index is 3250. The van der Waals surface area contributed by atoms with Crippen LogP contribution < -0.4 is 0 Å². The van der Waals surface area contributed by atoms with Gasteiger partial charge in [-0.25, -0.2) is 9.97 Å². The number of hydrogen-bond donors (Lipinski definition) is 0. The SMILES string of the molecule is c1ccc(-c2cc(-c3cccc(-c4ccc5c(c4)c4ccccc4n5-c4ccccc4)c3)nc(-c3c4ccccc4cc4c3ccc3ccccc34)n2)cc1. The van der Waals surface area contributed by atoms with Crippen LogP contribution in [0.5, 0.6) is 0 Å². The molecular formula is C52H33N3. The van der Waals surface area contributed by atoms with Gasteiger partial charge in [0.05, 0.1) is 22.4 Å². The number of nitrogens with zero attached hydrogens (tertiary/aromatic N) is 3. The molecule has 0 fully saturated rings. The standard InChI is InChI=1S/C52H33N3/c1-3-15-35(16-4-1)47-33-48(54-52(53-47)51-42-23-10-8-17-38(42)32-45-41-22-9-7-14-34(41)26-28-44(45)51)39-19-13-18-36(30-39)37-27-29-50-46(31-37)43-24-11-12-25-49(43)55(50)40-20-5-2-6-21-40/h1-33H. The maximum atomic E-state index is 5.43. The second-order valence-corrected chi connectivity index (χ2v) is 14.2. The summed E-state index contributed by atoms with van der Waals surface area (Å²) in [5.74, 6) is 0.717. The summed E-state index contributed by atoms with van der Waals surface area (Å²) in [6, 6.07) is 71.5. The average molecular weight is 700 g/mol. The topological polar surface area (TPSA) is 30.7 Å². The van der Waals surface area contributed by atoms with Crippen LogP contribution in [0.15, 0.2) is 200 Å². The minimum absolute atomic E-state index is 0.717. The van der Waals surface area contributed by atoms with Crippen molar-refractivity contribution in [1.82, 2.24) is 14.5 Å². The molecule has 0 saturated carbocycles. The van der Waals surface area contributed by atoms with Crippen molar-refractivity contribution in [2.75, 3.05) is 0 Å². The summed E-state index contributed by atoms with van der Waals surface area (Å²) in [6.45, 7) is 0. The lowest BCUT2D eigenvalue weighted by atomic mass is 9.92. The fourth-order valence-electron chi connectivity index (χ4n) is 8.39. The highest BCUT2D eigenvalue weighted by Gasteiger charge is 2.18. The minimum atomic E-state index is 0.717. The average Bonchev–Trinajstić information content (AvgIpc) is 3.60. The first-order chi connectivity index (χ1) is 27.3. The zero-order chi connectivity index (χ0) is 36.3. The molecule has 55 heavy (non-hydrogen) atoms. The van der Waals surface area contributed by atoms with Gasteiger partial charge in [-0.1, -0.05) is 152 Å². The van der Waals surface area contributed by atoms with Crippen LogP contribution in [0.2, 0.25) is 0 Å². The van der Waals surface area contributed by atoms with Crippen LogP contribution in [0, 0.1) is 0 Å². The Balaban J connectivity index is 1.11. The van der Waals surface area contributed by atoms with Crippen LogP contribution in [-0.4, -0.2) is 14.5 Å². The van der Waals surface area contributed by atoms with Crippen molar-refractivity contribution in [3.05, 3.63) is 200 Å². The third-order valence-electron chi connectivity index (χ3n) is 11.0. The van der Waals surface area contributed by atoms with E-state index in [0.29, 0.717) is 5.82 Å². The van der Waals surface area contributed by atoms with E-state index in [0.717, 1.165) is 55.7 Å². The minimum Gasteiger partial charge on any atom is -0.309 e. The number of fused-ring (bicyclic) bond motifs is 7. The van der Waals surface area contributed by atoms with Gasteiger partial charge in [-0.2, -0.15) is 0 Å². The van der Waals surface area contributed by atoms with Gasteiger partial charge in [-0.3, -0.25) is 0 Å². The molecule has 0 bridgehead atoms. The van der Waals surface area contributed by atoms with Gasteiger partial charge in [0.15, 0.2) is 5.82 Å². The molecule has 11 rings (SSSR count). The van der Waals surface area contributed by atoms with E-state index in [2.05, 4.69) is 199 Å². The number of hydrogen-bond acceptors (Lipinski definition) is 2. The molecule has 3 heteroatoms. The highest BCUT2D eigenvalue weighted by molar-refractivity contribution is 6.19. The molecule has 0 saturated heterocycles. The Labute approximate surface area is 318 Å². The Morgan fingerprint density at radius 1 is 0.309 bits per heavy atom. The third kappa shape index (κ3) is 5.20. The van der Waals surface area contributed by atoms with Crippen LogP contribution in [0.1, 0.15) is 0 Å². The Kier molecular flexibility index (Phi) is 7.17. The predicted molar refractivity (Wildman–Crippen MR) is 231 cm³/mol. The lowest BCUT2D eigenvalue weighted by Crippen LogP contribution is -1.98. The summed E-state index contributed by atoms with van der Waals surface area (Å²) in [4.78, 5) is 10.8. The molecule has 0 N–H and O–H groups in total. The fraction of sp³-hybridized carbons (Fsp3) is 0. The summed E-state index contributed by atoms with van der Waals surface area (Å²) in [6.07, 6.45) is 0. The van der Waals surface area contributed by atoms with E-state index in [4.69, 9.17) is 9.97 Å². The largest absolute Gasteiger partial charge is 0.309 e. The lowest BCUT2D eigenvalue weighted by molar-refractivity contribution is 1.18. The van der Waals surface area contributed by atoms with E-state index in [-0.39, 0.29) is 0 Å². The van der Waals surface area contributed by atoms with E-state index in [1.54, 1.807) is 0 Å². The summed E-state index contributed by atoms with van der Waals surface area (Å²) in [7, 11) is 0. The molecule has 2 aromatic heterocycles. The number of para-hydroxylation sites is 2. The van der Waals surface area contributed by atoms with Gasteiger partial charge >= 0.3 is 0 Å². The molecule has 0 aliphatic heterocycles. The molecule has 0 aliphatic rings. The van der Waals surface area contributed by atoms with Crippen molar-refractivity contribution in [2.24, 2.45) is 0 Å². The quantitative estimate of drug-likeness (QED) is 0.132. The Morgan fingerprint density at radius 2 is 0.927 bits per heavy atom. The molecule has 0 aliphatic carbocycles. The molecule has 11 aromatic rings. The third-order valence-corrected chi connectivity index (χ3v) is 11.0. The first kappa shape index (κ1) is 31.2. The summed E-state index contributed by atoms with van der Waals surface area (Å²) in [5.41, 5.74) is 10.8. The van der Waals surface area contributed by atoms with Crippen LogP contribution in [0.3, 0.4) is 0 Å².